The van der Waals surface area contributed by atoms with Gasteiger partial charge in [-0.15, -0.1) is 0 Å². The summed E-state index contributed by atoms with van der Waals surface area (Å²) in [5.74, 6) is 0.235. The number of allylic oxidation sites excluding steroid dienone is 2. The van der Waals surface area contributed by atoms with Gasteiger partial charge in [0.1, 0.15) is 11.7 Å². The predicted octanol–water partition coefficient (Wildman–Crippen LogP) is 6.60. The maximum absolute atomic E-state index is 11.2. The normalized spacial score (nSPS) is 11.8. The van der Waals surface area contributed by atoms with Gasteiger partial charge in [0, 0.05) is 13.6 Å². The molecule has 0 saturated heterocycles. The van der Waals surface area contributed by atoms with Crippen molar-refractivity contribution < 1.29 is 4.92 Å². The molecule has 3 rings (SSSR count). The van der Waals surface area contributed by atoms with Gasteiger partial charge < -0.3 is 14.7 Å². The highest BCUT2D eigenvalue weighted by atomic mass is 16.6. The Hall–Kier alpha value is -3.30. The van der Waals surface area contributed by atoms with Gasteiger partial charge in [0.05, 0.1) is 18.8 Å². The highest BCUT2D eigenvalue weighted by molar-refractivity contribution is 5.88. The Kier molecular flexibility index (Phi) is 11.7. The van der Waals surface area contributed by atoms with Gasteiger partial charge in [-0.2, -0.15) is 5.10 Å². The summed E-state index contributed by atoms with van der Waals surface area (Å²) in [7, 11) is 3.34. The lowest BCUT2D eigenvalue weighted by atomic mass is 10.1. The summed E-state index contributed by atoms with van der Waals surface area (Å²) < 4.78 is 4.82. The van der Waals surface area contributed by atoms with Gasteiger partial charge in [-0.25, -0.2) is 19.2 Å². The Bertz CT molecular complexity index is 1250. The quantitative estimate of drug-likeness (QED) is 0.0870. The molecule has 208 valence electrons. The standard InChI is InChI=1S/C28H44N8O2/c1-4-5-6-7-8-9-10-11-12-13-14-15-16-17-18-19-20-35-22-31-27-24(26(35)29)25(32-34(27)3)28-30-21-23(33(28)2)36(37)38/h11-12,21-22,29H,4-10,13-20H2,1-3H3. The molecule has 38 heavy (non-hydrogen) atoms. The topological polar surface area (TPSA) is 120 Å². The molecule has 1 N–H and O–H groups in total. The van der Waals surface area contributed by atoms with Gasteiger partial charge in [-0.05, 0) is 37.0 Å². The highest BCUT2D eigenvalue weighted by Crippen LogP contribution is 2.25. The molecule has 0 amide bonds. The third kappa shape index (κ3) is 7.85. The Morgan fingerprint density at radius 1 is 0.921 bits per heavy atom. The van der Waals surface area contributed by atoms with E-state index in [0.29, 0.717) is 34.6 Å². The monoisotopic (exact) mass is 524 g/mol. The van der Waals surface area contributed by atoms with E-state index in [1.54, 1.807) is 25.1 Å². The summed E-state index contributed by atoms with van der Waals surface area (Å²) in [6.07, 6.45) is 25.3. The summed E-state index contributed by atoms with van der Waals surface area (Å²) in [6, 6.07) is 0. The number of nitro groups is 1. The lowest BCUT2D eigenvalue weighted by molar-refractivity contribution is -0.391. The second-order valence-corrected chi connectivity index (χ2v) is 10.2. The average molecular weight is 525 g/mol. The summed E-state index contributed by atoms with van der Waals surface area (Å²) in [5, 5.41) is 25.1. The lowest BCUT2D eigenvalue weighted by Gasteiger charge is -2.07. The molecular weight excluding hydrogens is 480 g/mol. The van der Waals surface area contributed by atoms with Gasteiger partial charge >= 0.3 is 5.82 Å². The van der Waals surface area contributed by atoms with E-state index >= 15 is 0 Å². The first-order valence-corrected chi connectivity index (χ1v) is 14.2. The zero-order valence-corrected chi connectivity index (χ0v) is 23.4. The average Bonchev–Trinajstić information content (AvgIpc) is 3.44. The van der Waals surface area contributed by atoms with Crippen LogP contribution in [-0.4, -0.2) is 33.8 Å². The van der Waals surface area contributed by atoms with Crippen molar-refractivity contribution >= 4 is 16.9 Å². The minimum absolute atomic E-state index is 0.119. The number of unbranched alkanes of at least 4 members (excludes halogenated alkanes) is 12. The van der Waals surface area contributed by atoms with Crippen LogP contribution in [0.3, 0.4) is 0 Å². The maximum Gasteiger partial charge on any atom is 0.342 e. The van der Waals surface area contributed by atoms with E-state index in [0.717, 1.165) is 12.8 Å². The molecule has 0 aromatic carbocycles. The SMILES string of the molecule is CCCCCCCCC=CCCCCCCCCn1cnc2c(c(-c3ncc([N+](=O)[O-])n3C)nn2C)c1=N. The number of aromatic nitrogens is 6. The van der Waals surface area contributed by atoms with Crippen LogP contribution in [0.2, 0.25) is 0 Å². The van der Waals surface area contributed by atoms with Crippen LogP contribution in [0.15, 0.2) is 24.7 Å². The number of hydrogen-bond donors (Lipinski definition) is 1. The number of rotatable bonds is 18. The van der Waals surface area contributed by atoms with E-state index in [1.807, 2.05) is 4.57 Å². The molecule has 10 heteroatoms. The van der Waals surface area contributed by atoms with E-state index < -0.39 is 4.92 Å². The van der Waals surface area contributed by atoms with Crippen LogP contribution in [0.1, 0.15) is 96.8 Å². The maximum atomic E-state index is 11.2. The fraction of sp³-hybridized carbons (Fsp3) is 0.643. The van der Waals surface area contributed by atoms with Crippen molar-refractivity contribution in [1.29, 1.82) is 5.41 Å². The molecule has 0 atom stereocenters. The third-order valence-electron chi connectivity index (χ3n) is 7.13. The number of nitrogens with one attached hydrogen (secondary N) is 1. The smallest absolute Gasteiger partial charge is 0.342 e. The van der Waals surface area contributed by atoms with Crippen molar-refractivity contribution in [2.75, 3.05) is 0 Å². The molecule has 10 nitrogen and oxygen atoms in total. The summed E-state index contributed by atoms with van der Waals surface area (Å²) >= 11 is 0. The molecular formula is C28H44N8O2. The van der Waals surface area contributed by atoms with Gasteiger partial charge in [-0.3, -0.25) is 5.41 Å². The van der Waals surface area contributed by atoms with Crippen LogP contribution < -0.4 is 5.49 Å². The number of hydrogen-bond acceptors (Lipinski definition) is 6. The molecule has 0 bridgehead atoms. The number of fused-ring (bicyclic) bond motifs is 1. The molecule has 0 aliphatic carbocycles. The first kappa shape index (κ1) is 29.3. The molecule has 0 radical (unpaired) electrons. The molecule has 0 aliphatic heterocycles. The largest absolute Gasteiger partial charge is 0.358 e. The molecule has 0 saturated carbocycles. The zero-order valence-electron chi connectivity index (χ0n) is 23.4. The fourth-order valence-corrected chi connectivity index (χ4v) is 4.85. The minimum Gasteiger partial charge on any atom is -0.358 e. The van der Waals surface area contributed by atoms with Gasteiger partial charge in [0.2, 0.25) is 5.82 Å². The van der Waals surface area contributed by atoms with Gasteiger partial charge in [-0.1, -0.05) is 76.9 Å². The van der Waals surface area contributed by atoms with E-state index in [-0.39, 0.29) is 5.82 Å². The Balaban J connectivity index is 1.40. The van der Waals surface area contributed by atoms with Crippen molar-refractivity contribution in [3.63, 3.8) is 0 Å². The molecule has 0 fully saturated rings. The lowest BCUT2D eigenvalue weighted by Crippen LogP contribution is -2.21. The molecule has 3 aromatic rings. The predicted molar refractivity (Wildman–Crippen MR) is 151 cm³/mol. The number of aryl methyl sites for hydroxylation is 2. The van der Waals surface area contributed by atoms with Gasteiger partial charge in [0.15, 0.2) is 11.3 Å². The van der Waals surface area contributed by atoms with E-state index in [4.69, 9.17) is 5.41 Å². The minimum atomic E-state index is -0.477. The first-order valence-electron chi connectivity index (χ1n) is 14.2. The van der Waals surface area contributed by atoms with Crippen molar-refractivity contribution in [3.8, 4) is 11.5 Å². The van der Waals surface area contributed by atoms with Crippen LogP contribution in [0.5, 0.6) is 0 Å². The summed E-state index contributed by atoms with van der Waals surface area (Å²) in [4.78, 5) is 19.5. The van der Waals surface area contributed by atoms with Crippen LogP contribution in [-0.2, 0) is 20.6 Å². The zero-order chi connectivity index (χ0) is 27.3. The van der Waals surface area contributed by atoms with Crippen molar-refractivity contribution in [1.82, 2.24) is 28.9 Å². The van der Waals surface area contributed by atoms with Crippen molar-refractivity contribution in [2.45, 2.75) is 103 Å². The third-order valence-corrected chi connectivity index (χ3v) is 7.13. The Morgan fingerprint density at radius 3 is 2.13 bits per heavy atom. The second-order valence-electron chi connectivity index (χ2n) is 10.2. The van der Waals surface area contributed by atoms with Crippen LogP contribution >= 0.6 is 0 Å². The Labute approximate surface area is 225 Å². The van der Waals surface area contributed by atoms with Crippen LogP contribution in [0.25, 0.3) is 22.6 Å². The van der Waals surface area contributed by atoms with E-state index in [2.05, 4.69) is 34.1 Å². The molecule has 3 aromatic heterocycles. The van der Waals surface area contributed by atoms with E-state index in [1.165, 1.54) is 87.8 Å². The van der Waals surface area contributed by atoms with Crippen molar-refractivity contribution in [3.05, 3.63) is 40.3 Å². The molecule has 0 unspecified atom stereocenters. The van der Waals surface area contributed by atoms with Gasteiger partial charge in [0.25, 0.3) is 0 Å². The number of imidazole rings is 1. The number of nitrogens with zero attached hydrogens (tertiary/aromatic N) is 7. The summed E-state index contributed by atoms with van der Waals surface area (Å²) in [6.45, 7) is 2.97. The first-order chi connectivity index (χ1) is 18.5. The van der Waals surface area contributed by atoms with Crippen LogP contribution in [0.4, 0.5) is 5.82 Å². The van der Waals surface area contributed by atoms with Crippen LogP contribution in [0, 0.1) is 15.5 Å². The van der Waals surface area contributed by atoms with E-state index in [9.17, 15) is 10.1 Å². The Morgan fingerprint density at radius 2 is 1.53 bits per heavy atom. The fourth-order valence-electron chi connectivity index (χ4n) is 4.85. The molecule has 0 spiro atoms. The summed E-state index contributed by atoms with van der Waals surface area (Å²) in [5.41, 5.74) is 1.30. The molecule has 0 aliphatic rings. The van der Waals surface area contributed by atoms with Crippen molar-refractivity contribution in [2.24, 2.45) is 14.1 Å². The second kappa shape index (κ2) is 15.2. The molecule has 3 heterocycles. The highest BCUT2D eigenvalue weighted by Gasteiger charge is 2.24.